The van der Waals surface area contributed by atoms with Gasteiger partial charge in [0, 0.05) is 18.7 Å². The molecule has 0 aliphatic carbocycles. The molecule has 12 nitrogen and oxygen atoms in total. The standard InChI is InChI=1S/C31H27N5O7S2/c1-20(37)33-23-12-14-24(15-13-23)36(19-21-7-3-2-4-8-21)44(39,40)29-10-6-5-9-27(29)34-35-31-26(32)16-11-22-17-25(45(41,42)43)18-28(38)30(22)31/h2-18,38H,19,32H2,1H3,(H,33,37)(H,41,42,43). The smallest absolute Gasteiger partial charge is 0.294 e. The van der Waals surface area contributed by atoms with Crippen molar-refractivity contribution in [2.24, 2.45) is 10.2 Å². The number of nitrogens with one attached hydrogen (secondary N) is 1. The van der Waals surface area contributed by atoms with Crippen molar-refractivity contribution >= 4 is 65.3 Å². The summed E-state index contributed by atoms with van der Waals surface area (Å²) < 4.78 is 62.6. The minimum absolute atomic E-state index is 0.0195. The summed E-state index contributed by atoms with van der Waals surface area (Å²) in [6.07, 6.45) is 0. The molecule has 0 saturated carbocycles. The Morgan fingerprint density at radius 1 is 0.867 bits per heavy atom. The number of rotatable bonds is 9. The van der Waals surface area contributed by atoms with Gasteiger partial charge in [0.2, 0.25) is 5.91 Å². The predicted molar refractivity (Wildman–Crippen MR) is 171 cm³/mol. The van der Waals surface area contributed by atoms with E-state index < -0.39 is 30.8 Å². The fourth-order valence-corrected chi connectivity index (χ4v) is 6.75. The molecule has 1 amide bonds. The number of sulfonamides is 1. The Labute approximate surface area is 259 Å². The number of nitrogen functional groups attached to an aromatic ring is 1. The molecule has 0 unspecified atom stereocenters. The highest BCUT2D eigenvalue weighted by Gasteiger charge is 2.28. The molecule has 0 spiro atoms. The fourth-order valence-electron chi connectivity index (χ4n) is 4.63. The number of hydrogen-bond acceptors (Lipinski definition) is 9. The third-order valence-electron chi connectivity index (χ3n) is 6.71. The van der Waals surface area contributed by atoms with Crippen LogP contribution in [0.25, 0.3) is 10.8 Å². The molecule has 5 N–H and O–H groups in total. The van der Waals surface area contributed by atoms with Gasteiger partial charge in [-0.1, -0.05) is 48.5 Å². The number of hydrogen-bond donors (Lipinski definition) is 4. The minimum Gasteiger partial charge on any atom is -0.507 e. The normalized spacial score (nSPS) is 12.0. The second-order valence-electron chi connectivity index (χ2n) is 9.91. The lowest BCUT2D eigenvalue weighted by Crippen LogP contribution is -2.30. The first-order valence-corrected chi connectivity index (χ1v) is 16.2. The van der Waals surface area contributed by atoms with Gasteiger partial charge >= 0.3 is 0 Å². The van der Waals surface area contributed by atoms with E-state index in [0.29, 0.717) is 11.4 Å². The number of azo groups is 1. The van der Waals surface area contributed by atoms with E-state index in [1.165, 1.54) is 35.5 Å². The number of carbonyl (C=O) groups is 1. The molecule has 14 heteroatoms. The Morgan fingerprint density at radius 3 is 2.20 bits per heavy atom. The molecule has 0 aromatic heterocycles. The maximum absolute atomic E-state index is 14.3. The molecule has 0 bridgehead atoms. The van der Waals surface area contributed by atoms with Crippen LogP contribution in [0.2, 0.25) is 0 Å². The molecule has 5 aromatic rings. The third kappa shape index (κ3) is 6.77. The van der Waals surface area contributed by atoms with Crippen LogP contribution in [0, 0.1) is 0 Å². The van der Waals surface area contributed by atoms with Gasteiger partial charge in [0.1, 0.15) is 22.0 Å². The van der Waals surface area contributed by atoms with Crippen LogP contribution in [0.4, 0.5) is 28.4 Å². The summed E-state index contributed by atoms with van der Waals surface area (Å²) in [6, 6.07) is 26.2. The van der Waals surface area contributed by atoms with Crippen LogP contribution >= 0.6 is 0 Å². The van der Waals surface area contributed by atoms with E-state index in [2.05, 4.69) is 15.5 Å². The van der Waals surface area contributed by atoms with Gasteiger partial charge in [-0.25, -0.2) is 8.42 Å². The van der Waals surface area contributed by atoms with Crippen molar-refractivity contribution in [3.63, 3.8) is 0 Å². The van der Waals surface area contributed by atoms with Gasteiger partial charge in [0.15, 0.2) is 0 Å². The zero-order valence-corrected chi connectivity index (χ0v) is 25.3. The maximum atomic E-state index is 14.3. The van der Waals surface area contributed by atoms with Crippen molar-refractivity contribution in [2.45, 2.75) is 23.3 Å². The summed E-state index contributed by atoms with van der Waals surface area (Å²) >= 11 is 0. The lowest BCUT2D eigenvalue weighted by atomic mass is 10.1. The summed E-state index contributed by atoms with van der Waals surface area (Å²) in [5.41, 5.74) is 7.69. The van der Waals surface area contributed by atoms with Crippen LogP contribution in [0.15, 0.2) is 123 Å². The molecular weight excluding hydrogens is 619 g/mol. The van der Waals surface area contributed by atoms with Gasteiger partial charge in [-0.05, 0) is 59.5 Å². The molecule has 0 radical (unpaired) electrons. The molecule has 5 rings (SSSR count). The van der Waals surface area contributed by atoms with Gasteiger partial charge in [-0.2, -0.15) is 8.42 Å². The van der Waals surface area contributed by atoms with Crippen LogP contribution in [0.1, 0.15) is 12.5 Å². The number of benzene rings is 5. The highest BCUT2D eigenvalue weighted by atomic mass is 32.2. The van der Waals surface area contributed by atoms with Crippen LogP contribution < -0.4 is 15.4 Å². The predicted octanol–water partition coefficient (Wildman–Crippen LogP) is 6.14. The second kappa shape index (κ2) is 12.4. The van der Waals surface area contributed by atoms with Gasteiger partial charge in [-0.15, -0.1) is 10.2 Å². The van der Waals surface area contributed by atoms with Crippen molar-refractivity contribution < 1.29 is 31.3 Å². The Balaban J connectivity index is 1.60. The SMILES string of the molecule is CC(=O)Nc1ccc(N(Cc2ccccc2)S(=O)(=O)c2ccccc2N=Nc2c(N)ccc3cc(S(=O)(=O)O)cc(O)c23)cc1. The molecule has 230 valence electrons. The molecule has 0 saturated heterocycles. The van der Waals surface area contributed by atoms with Crippen LogP contribution in [0.5, 0.6) is 5.75 Å². The van der Waals surface area contributed by atoms with Crippen LogP contribution in [-0.4, -0.2) is 32.4 Å². The molecule has 0 atom stereocenters. The van der Waals surface area contributed by atoms with Crippen molar-refractivity contribution in [1.29, 1.82) is 0 Å². The van der Waals surface area contributed by atoms with E-state index in [1.807, 2.05) is 6.07 Å². The summed E-state index contributed by atoms with van der Waals surface area (Å²) in [7, 11) is -8.90. The zero-order chi connectivity index (χ0) is 32.4. The first-order valence-electron chi connectivity index (χ1n) is 13.3. The molecular formula is C31H27N5O7S2. The number of amides is 1. The quantitative estimate of drug-likeness (QED) is 0.0834. The first kappa shape index (κ1) is 31.1. The monoisotopic (exact) mass is 645 g/mol. The van der Waals surface area contributed by atoms with Crippen molar-refractivity contribution in [3.8, 4) is 5.75 Å². The van der Waals surface area contributed by atoms with Crippen LogP contribution in [-0.2, 0) is 31.5 Å². The average Bonchev–Trinajstić information content (AvgIpc) is 3.00. The number of nitrogens with zero attached hydrogens (tertiary/aromatic N) is 3. The summed E-state index contributed by atoms with van der Waals surface area (Å²) in [6.45, 7) is 1.35. The largest absolute Gasteiger partial charge is 0.507 e. The molecule has 5 aromatic carbocycles. The highest BCUT2D eigenvalue weighted by Crippen LogP contribution is 2.41. The highest BCUT2D eigenvalue weighted by molar-refractivity contribution is 7.93. The molecule has 0 heterocycles. The van der Waals surface area contributed by atoms with E-state index in [9.17, 15) is 31.3 Å². The maximum Gasteiger partial charge on any atom is 0.294 e. The van der Waals surface area contributed by atoms with E-state index in [-0.39, 0.29) is 45.2 Å². The van der Waals surface area contributed by atoms with Gasteiger partial charge in [0.05, 0.1) is 28.2 Å². The summed E-state index contributed by atoms with van der Waals surface area (Å²) in [4.78, 5) is 10.8. The Hall–Kier alpha value is -5.31. The van der Waals surface area contributed by atoms with Crippen molar-refractivity contribution in [2.75, 3.05) is 15.4 Å². The molecule has 0 aliphatic rings. The lowest BCUT2D eigenvalue weighted by molar-refractivity contribution is -0.114. The molecule has 45 heavy (non-hydrogen) atoms. The van der Waals surface area contributed by atoms with E-state index >= 15 is 0 Å². The fraction of sp³-hybridized carbons (Fsp3) is 0.0645. The lowest BCUT2D eigenvalue weighted by Gasteiger charge is -2.25. The minimum atomic E-state index is -4.61. The summed E-state index contributed by atoms with van der Waals surface area (Å²) in [5.74, 6) is -0.797. The number of nitrogens with two attached hydrogens (primary N) is 1. The number of phenolic OH excluding ortho intramolecular Hbond substituents is 1. The topological polar surface area (TPSA) is 192 Å². The van der Waals surface area contributed by atoms with Crippen molar-refractivity contribution in [1.82, 2.24) is 0 Å². The molecule has 0 aliphatic heterocycles. The molecule has 0 fully saturated rings. The van der Waals surface area contributed by atoms with E-state index in [0.717, 1.165) is 17.7 Å². The van der Waals surface area contributed by atoms with E-state index in [1.54, 1.807) is 60.7 Å². The number of anilines is 3. The number of phenols is 1. The van der Waals surface area contributed by atoms with E-state index in [4.69, 9.17) is 5.73 Å². The van der Waals surface area contributed by atoms with Gasteiger partial charge in [-0.3, -0.25) is 13.7 Å². The number of aromatic hydroxyl groups is 1. The number of carbonyl (C=O) groups excluding carboxylic acids is 1. The Morgan fingerprint density at radius 2 is 1.53 bits per heavy atom. The number of fused-ring (bicyclic) bond motifs is 1. The van der Waals surface area contributed by atoms with Crippen LogP contribution in [0.3, 0.4) is 0 Å². The third-order valence-corrected chi connectivity index (χ3v) is 9.36. The first-order chi connectivity index (χ1) is 21.3. The second-order valence-corrected chi connectivity index (χ2v) is 13.2. The van der Waals surface area contributed by atoms with Crippen molar-refractivity contribution in [3.05, 3.63) is 109 Å². The zero-order valence-electron chi connectivity index (χ0n) is 23.7. The Bertz CT molecular complexity index is 2160. The van der Waals surface area contributed by atoms with Gasteiger partial charge < -0.3 is 16.2 Å². The average molecular weight is 646 g/mol. The Kier molecular flexibility index (Phi) is 8.55. The summed E-state index contributed by atoms with van der Waals surface area (Å²) in [5, 5.41) is 22.0. The van der Waals surface area contributed by atoms with Gasteiger partial charge in [0.25, 0.3) is 20.1 Å².